The molecule has 3 rings (SSSR count). The van der Waals surface area contributed by atoms with Gasteiger partial charge in [-0.3, -0.25) is 4.79 Å². The molecule has 0 aliphatic carbocycles. The van der Waals surface area contributed by atoms with Gasteiger partial charge in [0.2, 0.25) is 11.2 Å². The fraction of sp³-hybridized carbons (Fsp3) is 0. The van der Waals surface area contributed by atoms with Crippen LogP contribution >= 0.6 is 0 Å². The predicted octanol–water partition coefficient (Wildman–Crippen LogP) is 2.93. The second kappa shape index (κ2) is 4.41. The first kappa shape index (κ1) is 10.7. The Labute approximate surface area is 105 Å². The van der Waals surface area contributed by atoms with E-state index in [1.165, 1.54) is 0 Å². The Bertz CT molecular complexity index is 705. The molecular weight excluding hydrogens is 222 g/mol. The molecule has 0 amide bonds. The average molecular weight is 234 g/mol. The molecule has 2 nitrogen and oxygen atoms in total. The van der Waals surface area contributed by atoms with Crippen molar-refractivity contribution in [1.29, 1.82) is 0 Å². The third kappa shape index (κ3) is 1.78. The third-order valence-electron chi connectivity index (χ3n) is 2.99. The Hall–Kier alpha value is -2.48. The number of carbonyl (C=O) groups is 1. The summed E-state index contributed by atoms with van der Waals surface area (Å²) >= 11 is 0. The molecule has 1 heterocycles. The van der Waals surface area contributed by atoms with Gasteiger partial charge in [0.15, 0.2) is 6.20 Å². The number of hydrogen-bond acceptors (Lipinski definition) is 1. The van der Waals surface area contributed by atoms with E-state index in [4.69, 9.17) is 0 Å². The van der Waals surface area contributed by atoms with E-state index in [0.29, 0.717) is 5.56 Å². The highest BCUT2D eigenvalue weighted by molar-refractivity contribution is 5.85. The first-order valence-corrected chi connectivity index (χ1v) is 5.83. The van der Waals surface area contributed by atoms with E-state index < -0.39 is 0 Å². The van der Waals surface area contributed by atoms with Crippen LogP contribution in [0.5, 0.6) is 0 Å². The summed E-state index contributed by atoms with van der Waals surface area (Å²) < 4.78 is 2.11. The largest absolute Gasteiger partial charge is 0.298 e. The van der Waals surface area contributed by atoms with Gasteiger partial charge in [0.05, 0.1) is 0 Å². The van der Waals surface area contributed by atoms with Crippen LogP contribution in [0.2, 0.25) is 0 Å². The zero-order valence-corrected chi connectivity index (χ0v) is 9.78. The minimum Gasteiger partial charge on any atom is -0.298 e. The van der Waals surface area contributed by atoms with E-state index in [-0.39, 0.29) is 0 Å². The number of carbonyl (C=O) groups excluding carboxylic acids is 1. The molecule has 0 N–H and O–H groups in total. The van der Waals surface area contributed by atoms with E-state index in [0.717, 1.165) is 22.9 Å². The number of hydrogen-bond donors (Lipinski definition) is 0. The smallest absolute Gasteiger partial charge is 0.218 e. The normalized spacial score (nSPS) is 10.4. The van der Waals surface area contributed by atoms with Crippen LogP contribution in [0.15, 0.2) is 66.9 Å². The summed E-state index contributed by atoms with van der Waals surface area (Å²) in [6.45, 7) is 0. The predicted molar refractivity (Wildman–Crippen MR) is 70.9 cm³/mol. The molecule has 2 heteroatoms. The van der Waals surface area contributed by atoms with Crippen molar-refractivity contribution in [2.75, 3.05) is 0 Å². The molecule has 0 spiro atoms. The van der Waals surface area contributed by atoms with E-state index in [2.05, 4.69) is 16.7 Å². The highest BCUT2D eigenvalue weighted by Gasteiger charge is 2.10. The summed E-state index contributed by atoms with van der Waals surface area (Å²) in [5.74, 6) is 0. The van der Waals surface area contributed by atoms with E-state index in [1.54, 1.807) is 0 Å². The molecule has 0 radical (unpaired) electrons. The van der Waals surface area contributed by atoms with E-state index in [9.17, 15) is 4.79 Å². The Morgan fingerprint density at radius 1 is 0.889 bits per heavy atom. The number of rotatable bonds is 2. The summed E-state index contributed by atoms with van der Waals surface area (Å²) in [5.41, 5.74) is 2.91. The van der Waals surface area contributed by atoms with Crippen LogP contribution in [-0.4, -0.2) is 6.29 Å². The minimum atomic E-state index is 0.702. The van der Waals surface area contributed by atoms with Crippen molar-refractivity contribution < 1.29 is 9.36 Å². The number of fused-ring (bicyclic) bond motifs is 1. The summed E-state index contributed by atoms with van der Waals surface area (Å²) in [6.07, 6.45) is 2.90. The number of aldehydes is 1. The fourth-order valence-corrected chi connectivity index (χ4v) is 2.13. The molecule has 86 valence electrons. The SMILES string of the molecule is O=Cc1ccc2c(ccc[n+]2-c2ccccc2)c1. The van der Waals surface area contributed by atoms with Gasteiger partial charge in [-0.1, -0.05) is 18.2 Å². The second-order valence-corrected chi connectivity index (χ2v) is 4.15. The fourth-order valence-electron chi connectivity index (χ4n) is 2.13. The van der Waals surface area contributed by atoms with Gasteiger partial charge in [-0.25, -0.2) is 0 Å². The van der Waals surface area contributed by atoms with Crippen LogP contribution in [0, 0.1) is 0 Å². The zero-order valence-electron chi connectivity index (χ0n) is 9.78. The molecule has 0 bridgehead atoms. The Balaban J connectivity index is 2.28. The molecule has 0 atom stereocenters. The molecule has 0 unspecified atom stereocenters. The summed E-state index contributed by atoms with van der Waals surface area (Å²) in [4.78, 5) is 10.8. The van der Waals surface area contributed by atoms with Crippen LogP contribution in [0.25, 0.3) is 16.6 Å². The van der Waals surface area contributed by atoms with Crippen LogP contribution in [0.1, 0.15) is 10.4 Å². The van der Waals surface area contributed by atoms with Crippen LogP contribution in [0.4, 0.5) is 0 Å². The maximum absolute atomic E-state index is 10.8. The van der Waals surface area contributed by atoms with E-state index in [1.807, 2.05) is 54.7 Å². The van der Waals surface area contributed by atoms with Crippen LogP contribution in [0.3, 0.4) is 0 Å². The quantitative estimate of drug-likeness (QED) is 0.493. The van der Waals surface area contributed by atoms with Crippen molar-refractivity contribution in [1.82, 2.24) is 0 Å². The lowest BCUT2D eigenvalue weighted by Gasteiger charge is -2.00. The molecule has 3 aromatic rings. The molecule has 0 aliphatic heterocycles. The topological polar surface area (TPSA) is 20.9 Å². The second-order valence-electron chi connectivity index (χ2n) is 4.15. The monoisotopic (exact) mass is 234 g/mol. The lowest BCUT2D eigenvalue weighted by molar-refractivity contribution is -0.567. The van der Waals surface area contributed by atoms with Gasteiger partial charge < -0.3 is 0 Å². The van der Waals surface area contributed by atoms with Crippen LogP contribution in [-0.2, 0) is 0 Å². The van der Waals surface area contributed by atoms with Gasteiger partial charge >= 0.3 is 0 Å². The standard InChI is InChI=1S/C16H12NO/c18-12-13-8-9-16-14(11-13)5-4-10-17(16)15-6-2-1-3-7-15/h1-12H/q+1. The maximum Gasteiger partial charge on any atom is 0.218 e. The Morgan fingerprint density at radius 2 is 1.72 bits per heavy atom. The highest BCUT2D eigenvalue weighted by atomic mass is 16.1. The van der Waals surface area contributed by atoms with Crippen LogP contribution < -0.4 is 4.57 Å². The van der Waals surface area contributed by atoms with Gasteiger partial charge in [-0.05, 0) is 18.2 Å². The lowest BCUT2D eigenvalue weighted by atomic mass is 10.1. The Morgan fingerprint density at radius 3 is 2.50 bits per heavy atom. The van der Waals surface area contributed by atoms with E-state index >= 15 is 0 Å². The molecule has 0 saturated carbocycles. The first-order chi connectivity index (χ1) is 8.88. The molecule has 0 saturated heterocycles. The van der Waals surface area contributed by atoms with Gasteiger partial charge in [0, 0.05) is 35.2 Å². The maximum atomic E-state index is 10.8. The third-order valence-corrected chi connectivity index (χ3v) is 2.99. The highest BCUT2D eigenvalue weighted by Crippen LogP contribution is 2.13. The van der Waals surface area contributed by atoms with Gasteiger partial charge in [0.1, 0.15) is 6.29 Å². The number of nitrogens with zero attached hydrogens (tertiary/aromatic N) is 1. The van der Waals surface area contributed by atoms with Gasteiger partial charge in [-0.15, -0.1) is 0 Å². The molecular formula is C16H12NO+. The first-order valence-electron chi connectivity index (χ1n) is 5.83. The summed E-state index contributed by atoms with van der Waals surface area (Å²) in [7, 11) is 0. The molecule has 1 aromatic heterocycles. The van der Waals surface area contributed by atoms with Crippen molar-refractivity contribution >= 4 is 17.2 Å². The van der Waals surface area contributed by atoms with Crippen molar-refractivity contribution in [2.24, 2.45) is 0 Å². The van der Waals surface area contributed by atoms with Crippen molar-refractivity contribution in [2.45, 2.75) is 0 Å². The summed E-state index contributed by atoms with van der Waals surface area (Å²) in [6, 6.07) is 19.9. The number of benzene rings is 2. The van der Waals surface area contributed by atoms with Gasteiger partial charge in [-0.2, -0.15) is 4.57 Å². The number of aromatic nitrogens is 1. The lowest BCUT2D eigenvalue weighted by Crippen LogP contribution is -2.30. The molecule has 2 aromatic carbocycles. The summed E-state index contributed by atoms with van der Waals surface area (Å²) in [5, 5.41) is 1.06. The van der Waals surface area contributed by atoms with Gasteiger partial charge in [0.25, 0.3) is 0 Å². The van der Waals surface area contributed by atoms with Crippen molar-refractivity contribution in [3.05, 3.63) is 72.4 Å². The molecule has 18 heavy (non-hydrogen) atoms. The molecule has 0 fully saturated rings. The zero-order chi connectivity index (χ0) is 12.4. The Kier molecular flexibility index (Phi) is 2.61. The average Bonchev–Trinajstić information content (AvgIpc) is 2.47. The number of para-hydroxylation sites is 1. The number of pyridine rings is 1. The van der Waals surface area contributed by atoms with Crippen molar-refractivity contribution in [3.63, 3.8) is 0 Å². The minimum absolute atomic E-state index is 0.702. The molecule has 0 aliphatic rings. The van der Waals surface area contributed by atoms with Crippen molar-refractivity contribution in [3.8, 4) is 5.69 Å².